The third-order valence-corrected chi connectivity index (χ3v) is 8.64. The van der Waals surface area contributed by atoms with E-state index in [-0.39, 0.29) is 24.3 Å². The van der Waals surface area contributed by atoms with Crippen molar-refractivity contribution >= 4 is 29.4 Å². The highest BCUT2D eigenvalue weighted by molar-refractivity contribution is 5.98. The van der Waals surface area contributed by atoms with Crippen LogP contribution in [0.15, 0.2) is 127 Å². The number of aliphatic carboxylic acids is 1. The van der Waals surface area contributed by atoms with Crippen LogP contribution in [0.3, 0.4) is 0 Å². The van der Waals surface area contributed by atoms with E-state index < -0.39 is 23.9 Å². The molecule has 0 fully saturated rings. The SMILES string of the molecule is CCCCCCCOc1ccc(C(=O)Oc2ccc(C[C@H](NC(=O)c3ccc(NC(=O)Cc4ccc(-c5ccccc5)cc4)cc3)C(=O)O)cc2)cc1. The smallest absolute Gasteiger partial charge is 0.343 e. The highest BCUT2D eigenvalue weighted by Crippen LogP contribution is 2.21. The average molecular weight is 713 g/mol. The fourth-order valence-corrected chi connectivity index (χ4v) is 5.66. The highest BCUT2D eigenvalue weighted by Gasteiger charge is 2.21. The normalized spacial score (nSPS) is 11.3. The molecule has 9 nitrogen and oxygen atoms in total. The minimum atomic E-state index is -1.21. The Bertz CT molecular complexity index is 1940. The van der Waals surface area contributed by atoms with E-state index in [1.807, 2.05) is 54.6 Å². The van der Waals surface area contributed by atoms with Crippen LogP contribution in [0, 0.1) is 0 Å². The van der Waals surface area contributed by atoms with Crippen LogP contribution >= 0.6 is 0 Å². The van der Waals surface area contributed by atoms with Crippen molar-refractivity contribution in [1.29, 1.82) is 0 Å². The van der Waals surface area contributed by atoms with Crippen molar-refractivity contribution in [2.24, 2.45) is 0 Å². The van der Waals surface area contributed by atoms with E-state index in [0.717, 1.165) is 29.5 Å². The molecular weight excluding hydrogens is 668 g/mol. The van der Waals surface area contributed by atoms with E-state index >= 15 is 0 Å². The van der Waals surface area contributed by atoms with Crippen molar-refractivity contribution in [2.45, 2.75) is 57.9 Å². The lowest BCUT2D eigenvalue weighted by molar-refractivity contribution is -0.139. The molecule has 0 heterocycles. The molecule has 0 bridgehead atoms. The first-order valence-electron chi connectivity index (χ1n) is 17.9. The first-order valence-corrected chi connectivity index (χ1v) is 17.9. The van der Waals surface area contributed by atoms with Crippen molar-refractivity contribution in [1.82, 2.24) is 5.32 Å². The van der Waals surface area contributed by atoms with Gasteiger partial charge in [-0.2, -0.15) is 0 Å². The number of rotatable bonds is 18. The van der Waals surface area contributed by atoms with Crippen LogP contribution in [-0.2, 0) is 22.4 Å². The fourth-order valence-electron chi connectivity index (χ4n) is 5.66. The summed E-state index contributed by atoms with van der Waals surface area (Å²) in [5.74, 6) is -1.50. The van der Waals surface area contributed by atoms with Gasteiger partial charge in [0.05, 0.1) is 18.6 Å². The lowest BCUT2D eigenvalue weighted by Gasteiger charge is -2.15. The molecule has 5 aromatic rings. The Balaban J connectivity index is 1.07. The predicted octanol–water partition coefficient (Wildman–Crippen LogP) is 8.53. The summed E-state index contributed by atoms with van der Waals surface area (Å²) >= 11 is 0. The van der Waals surface area contributed by atoms with Crippen LogP contribution in [0.4, 0.5) is 5.69 Å². The van der Waals surface area contributed by atoms with Gasteiger partial charge in [0.15, 0.2) is 0 Å². The standard InChI is InChI=1S/C44H44N2O7/c1-2-3-4-5-9-28-52-38-26-20-36(21-27-38)44(51)53-39-24-14-31(15-25-39)29-40(43(49)50)46-42(48)35-18-22-37(23-19-35)45-41(47)30-32-12-16-34(17-13-32)33-10-7-6-8-11-33/h6-8,10-27,40H,2-5,9,28-30H2,1H3,(H,45,47)(H,46,48)(H,49,50)/t40-/m0/s1. The van der Waals surface area contributed by atoms with E-state index in [9.17, 15) is 24.3 Å². The van der Waals surface area contributed by atoms with Crippen LogP contribution in [-0.4, -0.2) is 41.5 Å². The number of anilines is 1. The van der Waals surface area contributed by atoms with Gasteiger partial charge >= 0.3 is 11.9 Å². The number of benzene rings is 5. The zero-order valence-electron chi connectivity index (χ0n) is 29.8. The van der Waals surface area contributed by atoms with Gasteiger partial charge in [-0.15, -0.1) is 0 Å². The fraction of sp³-hybridized carbons (Fsp3) is 0.227. The molecule has 3 N–H and O–H groups in total. The van der Waals surface area contributed by atoms with Gasteiger partial charge in [0, 0.05) is 17.7 Å². The van der Waals surface area contributed by atoms with Gasteiger partial charge in [-0.1, -0.05) is 99.3 Å². The summed E-state index contributed by atoms with van der Waals surface area (Å²) in [5.41, 5.74) is 4.79. The molecule has 0 aliphatic carbocycles. The van der Waals surface area contributed by atoms with Crippen LogP contribution in [0.2, 0.25) is 0 Å². The van der Waals surface area contributed by atoms with Gasteiger partial charge in [-0.05, 0) is 89.3 Å². The van der Waals surface area contributed by atoms with Crippen LogP contribution in [0.1, 0.15) is 70.9 Å². The molecule has 0 aliphatic rings. The number of carbonyl (C=O) groups excluding carboxylic acids is 3. The summed E-state index contributed by atoms with van der Waals surface area (Å²) in [6.07, 6.45) is 5.95. The molecule has 0 radical (unpaired) electrons. The maximum Gasteiger partial charge on any atom is 0.343 e. The molecule has 53 heavy (non-hydrogen) atoms. The zero-order valence-corrected chi connectivity index (χ0v) is 29.8. The third kappa shape index (κ3) is 11.9. The van der Waals surface area contributed by atoms with Crippen molar-refractivity contribution < 1.29 is 33.8 Å². The second kappa shape index (κ2) is 19.4. The van der Waals surface area contributed by atoms with Crippen LogP contribution in [0.25, 0.3) is 11.1 Å². The number of carbonyl (C=O) groups is 4. The van der Waals surface area contributed by atoms with E-state index in [1.165, 1.54) is 31.4 Å². The Morgan fingerprint density at radius 2 is 1.25 bits per heavy atom. The molecule has 0 saturated carbocycles. The molecule has 0 aromatic heterocycles. The number of hydrogen-bond acceptors (Lipinski definition) is 6. The first-order chi connectivity index (χ1) is 25.8. The molecular formula is C44H44N2O7. The van der Waals surface area contributed by atoms with E-state index in [2.05, 4.69) is 17.6 Å². The van der Waals surface area contributed by atoms with Crippen molar-refractivity contribution in [2.75, 3.05) is 11.9 Å². The quantitative estimate of drug-likeness (QED) is 0.0472. The number of unbranched alkanes of at least 4 members (excludes halogenated alkanes) is 4. The van der Waals surface area contributed by atoms with Gasteiger partial charge < -0.3 is 25.2 Å². The minimum absolute atomic E-state index is 0.00976. The van der Waals surface area contributed by atoms with Gasteiger partial charge in [-0.3, -0.25) is 9.59 Å². The minimum Gasteiger partial charge on any atom is -0.494 e. The number of esters is 1. The molecule has 0 unspecified atom stereocenters. The lowest BCUT2D eigenvalue weighted by atomic mass is 10.0. The van der Waals surface area contributed by atoms with E-state index in [1.54, 1.807) is 60.7 Å². The van der Waals surface area contributed by atoms with E-state index in [4.69, 9.17) is 9.47 Å². The molecule has 0 aliphatic heterocycles. The first kappa shape index (κ1) is 38.0. The Morgan fingerprint density at radius 1 is 0.642 bits per heavy atom. The number of carboxylic acids is 1. The van der Waals surface area contributed by atoms with Crippen LogP contribution in [0.5, 0.6) is 11.5 Å². The maximum absolute atomic E-state index is 13.0. The number of ether oxygens (including phenoxy) is 2. The molecule has 5 rings (SSSR count). The molecule has 2 amide bonds. The van der Waals surface area contributed by atoms with Gasteiger partial charge in [0.2, 0.25) is 5.91 Å². The second-order valence-corrected chi connectivity index (χ2v) is 12.8. The van der Waals surface area contributed by atoms with Gasteiger partial charge in [-0.25, -0.2) is 9.59 Å². The molecule has 5 aromatic carbocycles. The summed E-state index contributed by atoms with van der Waals surface area (Å²) in [5, 5.41) is 15.2. The Hall–Kier alpha value is -6.22. The zero-order chi connectivity index (χ0) is 37.4. The molecule has 0 saturated heterocycles. The summed E-state index contributed by atoms with van der Waals surface area (Å²) < 4.78 is 11.3. The average Bonchev–Trinajstić information content (AvgIpc) is 3.17. The Labute approximate surface area is 310 Å². The summed E-state index contributed by atoms with van der Waals surface area (Å²) in [7, 11) is 0. The Morgan fingerprint density at radius 3 is 1.91 bits per heavy atom. The highest BCUT2D eigenvalue weighted by atomic mass is 16.5. The monoisotopic (exact) mass is 712 g/mol. The van der Waals surface area contributed by atoms with Gasteiger partial charge in [0.1, 0.15) is 17.5 Å². The predicted molar refractivity (Wildman–Crippen MR) is 205 cm³/mol. The molecule has 0 spiro atoms. The number of amides is 2. The number of hydrogen-bond donors (Lipinski definition) is 3. The van der Waals surface area contributed by atoms with Crippen molar-refractivity contribution in [3.05, 3.63) is 150 Å². The second-order valence-electron chi connectivity index (χ2n) is 12.8. The topological polar surface area (TPSA) is 131 Å². The number of carboxylic acid groups (broad SMARTS) is 1. The summed E-state index contributed by atoms with van der Waals surface area (Å²) in [4.78, 5) is 50.4. The maximum atomic E-state index is 13.0. The largest absolute Gasteiger partial charge is 0.494 e. The van der Waals surface area contributed by atoms with Crippen LogP contribution < -0.4 is 20.1 Å². The molecule has 272 valence electrons. The number of nitrogens with one attached hydrogen (secondary N) is 2. The van der Waals surface area contributed by atoms with Crippen molar-refractivity contribution in [3.8, 4) is 22.6 Å². The lowest BCUT2D eigenvalue weighted by Crippen LogP contribution is -2.42. The van der Waals surface area contributed by atoms with E-state index in [0.29, 0.717) is 34.9 Å². The summed E-state index contributed by atoms with van der Waals surface area (Å²) in [6.45, 7) is 2.81. The van der Waals surface area contributed by atoms with Gasteiger partial charge in [0.25, 0.3) is 5.91 Å². The third-order valence-electron chi connectivity index (χ3n) is 8.64. The molecule has 1 atom stereocenters. The van der Waals surface area contributed by atoms with Crippen molar-refractivity contribution in [3.63, 3.8) is 0 Å². The molecule has 9 heteroatoms. The Kier molecular flexibility index (Phi) is 13.9. The summed E-state index contributed by atoms with van der Waals surface area (Å²) in [6, 6.07) is 36.1.